The molecule has 0 saturated carbocycles. The Morgan fingerprint density at radius 2 is 0.429 bits per heavy atom. The van der Waals surface area contributed by atoms with E-state index in [0.717, 1.165) is 0 Å². The molecule has 0 amide bonds. The minimum atomic E-state index is 0. The monoisotopic (exact) mass is 285 g/mol. The summed E-state index contributed by atoms with van der Waals surface area (Å²) >= 11 is 0. The van der Waals surface area contributed by atoms with Crippen molar-refractivity contribution in [2.75, 3.05) is 0 Å². The van der Waals surface area contributed by atoms with E-state index in [4.69, 9.17) is 0 Å². The number of hydrogen-bond acceptors (Lipinski definition) is 0. The Hall–Kier alpha value is -0.801. The minimum Gasteiger partial charge on any atom is -0.457 e. The molecule has 0 atom stereocenters. The molecule has 0 aromatic rings. The van der Waals surface area contributed by atoms with Gasteiger partial charge in [0.25, 0.3) is 0 Å². The Bertz CT molecular complexity index is 59.1. The molecule has 0 aliphatic rings. The number of terminal acetylenes is 4. The largest absolute Gasteiger partial charge is 0.457 e. The molecule has 5 N–H and O–H groups in total. The standard InChI is InChI=1S/4C2H2.2CH4.2Fe.2H2O/c4*1-2;;;;;;/h4*1-2H;2*1H4;;;2*1H2/p+1. The average Bonchev–Trinajstić information content (AvgIpc) is 2.03. The number of rotatable bonds is 0. The normalized spacial score (nSPS) is 0.571. The molecule has 0 rings (SSSR count). The fraction of sp³-hybridized carbons (Fsp3) is 0.200. The molecule has 0 aliphatic heterocycles. The van der Waals surface area contributed by atoms with Gasteiger partial charge in [-0.15, -0.1) is 51.4 Å². The van der Waals surface area contributed by atoms with Gasteiger partial charge in [-0.2, -0.15) is 0 Å². The van der Waals surface area contributed by atoms with Crippen molar-refractivity contribution in [2.24, 2.45) is 0 Å². The van der Waals surface area contributed by atoms with Crippen molar-refractivity contribution in [2.45, 2.75) is 14.9 Å². The summed E-state index contributed by atoms with van der Waals surface area (Å²) in [5.74, 6) is 0. The second kappa shape index (κ2) is 2380. The third kappa shape index (κ3) is 1820. The van der Waals surface area contributed by atoms with Crippen molar-refractivity contribution >= 4 is 0 Å². The SMILES string of the molecule is C.C.C#C.C#C.C#C.C#C.O.[Fe].[Fe].[OH3+]. The van der Waals surface area contributed by atoms with Crippen LogP contribution in [0.3, 0.4) is 0 Å². The van der Waals surface area contributed by atoms with Crippen LogP contribution in [0.1, 0.15) is 14.9 Å². The van der Waals surface area contributed by atoms with Gasteiger partial charge in [0, 0.05) is 34.1 Å². The molecule has 0 fully saturated rings. The van der Waals surface area contributed by atoms with Crippen LogP contribution in [0.2, 0.25) is 0 Å². The minimum absolute atomic E-state index is 0. The summed E-state index contributed by atoms with van der Waals surface area (Å²) in [5.41, 5.74) is 0. The van der Waals surface area contributed by atoms with Gasteiger partial charge >= 0.3 is 0 Å². The smallest absolute Gasteiger partial charge is 0 e. The third-order valence-corrected chi connectivity index (χ3v) is 0. The topological polar surface area (TPSA) is 64.5 Å². The zero-order valence-electron chi connectivity index (χ0n) is 6.40. The van der Waals surface area contributed by atoms with Crippen LogP contribution in [-0.4, -0.2) is 5.48 Å². The molecule has 0 bridgehead atoms. The Morgan fingerprint density at radius 1 is 0.429 bits per heavy atom. The summed E-state index contributed by atoms with van der Waals surface area (Å²) in [4.78, 5) is 0. The Labute approximate surface area is 111 Å². The summed E-state index contributed by atoms with van der Waals surface area (Å²) in [6.07, 6.45) is 32.0. The van der Waals surface area contributed by atoms with Crippen LogP contribution in [0.25, 0.3) is 0 Å². The van der Waals surface area contributed by atoms with E-state index in [1.165, 1.54) is 0 Å². The second-order valence-corrected chi connectivity index (χ2v) is 0. The maximum Gasteiger partial charge on any atom is 0 e. The second-order valence-electron chi connectivity index (χ2n) is 0. The van der Waals surface area contributed by atoms with Crippen molar-refractivity contribution in [1.82, 2.24) is 0 Å². The molecule has 14 heavy (non-hydrogen) atoms. The van der Waals surface area contributed by atoms with Gasteiger partial charge in [-0.3, -0.25) is 0 Å². The van der Waals surface area contributed by atoms with E-state index in [0.29, 0.717) is 0 Å². The van der Waals surface area contributed by atoms with Gasteiger partial charge < -0.3 is 11.0 Å². The first-order valence-electron chi connectivity index (χ1n) is 1.33. The molecule has 0 aliphatic carbocycles. The van der Waals surface area contributed by atoms with Crippen LogP contribution in [0, 0.1) is 51.4 Å². The Balaban J connectivity index is -0.00000000167. The van der Waals surface area contributed by atoms with Gasteiger partial charge in [0.1, 0.15) is 0 Å². The Morgan fingerprint density at radius 3 is 0.429 bits per heavy atom. The van der Waals surface area contributed by atoms with Gasteiger partial charge in [0.2, 0.25) is 0 Å². The van der Waals surface area contributed by atoms with Crippen molar-refractivity contribution in [3.05, 3.63) is 0 Å². The van der Waals surface area contributed by atoms with Crippen LogP contribution in [-0.2, 0) is 39.6 Å². The molecular formula is C10H21Fe2O2+. The molecule has 0 spiro atoms. The van der Waals surface area contributed by atoms with Gasteiger partial charge in [0.05, 0.1) is 0 Å². The summed E-state index contributed by atoms with van der Waals surface area (Å²) in [6.45, 7) is 0. The molecule has 0 radical (unpaired) electrons. The van der Waals surface area contributed by atoms with Gasteiger partial charge in [-0.25, -0.2) is 0 Å². The zero-order valence-corrected chi connectivity index (χ0v) is 8.61. The van der Waals surface area contributed by atoms with E-state index in [1.807, 2.05) is 0 Å². The maximum absolute atomic E-state index is 4.00. The summed E-state index contributed by atoms with van der Waals surface area (Å²) in [7, 11) is 0. The molecule has 0 heterocycles. The van der Waals surface area contributed by atoms with E-state index >= 15 is 0 Å². The van der Waals surface area contributed by atoms with Gasteiger partial charge in [0.15, 0.2) is 0 Å². The number of hydrogen-bond donors (Lipinski definition) is 0. The van der Waals surface area contributed by atoms with Crippen LogP contribution in [0.4, 0.5) is 0 Å². The molecule has 2 nitrogen and oxygen atoms in total. The van der Waals surface area contributed by atoms with Crippen molar-refractivity contribution in [1.29, 1.82) is 0 Å². The molecule has 0 unspecified atom stereocenters. The Kier molecular flexibility index (Phi) is 32700. The fourth-order valence-electron chi connectivity index (χ4n) is 0. The fourth-order valence-corrected chi connectivity index (χ4v) is 0. The van der Waals surface area contributed by atoms with E-state index in [2.05, 4.69) is 51.4 Å². The summed E-state index contributed by atoms with van der Waals surface area (Å²) in [5, 5.41) is 0. The van der Waals surface area contributed by atoms with Gasteiger partial charge in [-0.1, -0.05) is 14.9 Å². The van der Waals surface area contributed by atoms with Crippen molar-refractivity contribution in [3.8, 4) is 51.4 Å². The van der Waals surface area contributed by atoms with E-state index in [1.54, 1.807) is 0 Å². The first kappa shape index (κ1) is 192. The summed E-state index contributed by atoms with van der Waals surface area (Å²) in [6, 6.07) is 0. The maximum atomic E-state index is 4.00. The first-order valence-corrected chi connectivity index (χ1v) is 1.33. The summed E-state index contributed by atoms with van der Waals surface area (Å²) < 4.78 is 0. The van der Waals surface area contributed by atoms with E-state index in [-0.39, 0.29) is 59.9 Å². The van der Waals surface area contributed by atoms with Crippen molar-refractivity contribution < 1.29 is 45.1 Å². The quantitative estimate of drug-likeness (QED) is 0.354. The predicted molar refractivity (Wildman–Crippen MR) is 61.5 cm³/mol. The molecule has 0 saturated heterocycles. The van der Waals surface area contributed by atoms with Crippen molar-refractivity contribution in [3.63, 3.8) is 0 Å². The molecule has 0 aromatic heterocycles. The van der Waals surface area contributed by atoms with E-state index in [9.17, 15) is 0 Å². The van der Waals surface area contributed by atoms with Crippen LogP contribution in [0.15, 0.2) is 0 Å². The third-order valence-electron chi connectivity index (χ3n) is 0. The average molecular weight is 285 g/mol. The van der Waals surface area contributed by atoms with Crippen LogP contribution >= 0.6 is 0 Å². The van der Waals surface area contributed by atoms with E-state index < -0.39 is 0 Å². The van der Waals surface area contributed by atoms with Crippen LogP contribution in [0.5, 0.6) is 0 Å². The molecule has 4 heteroatoms. The zero-order chi connectivity index (χ0) is 8.00. The molecule has 88 valence electrons. The first-order chi connectivity index (χ1) is 4.00. The predicted octanol–water partition coefficient (Wildman–Crippen LogP) is 0.518. The molecule has 0 aromatic carbocycles. The van der Waals surface area contributed by atoms with Crippen LogP contribution < -0.4 is 0 Å². The molecular weight excluding hydrogens is 264 g/mol. The van der Waals surface area contributed by atoms with Gasteiger partial charge in [-0.05, 0) is 0 Å².